The van der Waals surface area contributed by atoms with Gasteiger partial charge in [0, 0.05) is 18.4 Å². The molecule has 1 aliphatic carbocycles. The van der Waals surface area contributed by atoms with Crippen molar-refractivity contribution in [3.8, 4) is 0 Å². The third-order valence-corrected chi connectivity index (χ3v) is 6.77. The lowest BCUT2D eigenvalue weighted by Gasteiger charge is -2.32. The van der Waals surface area contributed by atoms with Gasteiger partial charge in [-0.25, -0.2) is 4.98 Å². The number of carbonyl (C=O) groups is 2. The number of nitrogens with zero attached hydrogens (tertiary/aromatic N) is 3. The Kier molecular flexibility index (Phi) is 7.27. The molecule has 0 spiro atoms. The minimum atomic E-state index is -0.795. The summed E-state index contributed by atoms with van der Waals surface area (Å²) in [6.45, 7) is 2.10. The summed E-state index contributed by atoms with van der Waals surface area (Å²) in [4.78, 5) is 37.2. The molecule has 1 N–H and O–H groups in total. The van der Waals surface area contributed by atoms with E-state index in [-0.39, 0.29) is 23.6 Å². The molecule has 1 unspecified atom stereocenters. The second kappa shape index (κ2) is 10.5. The normalized spacial score (nSPS) is 15.2. The van der Waals surface area contributed by atoms with Crippen molar-refractivity contribution >= 4 is 28.2 Å². The number of anilines is 1. The van der Waals surface area contributed by atoms with E-state index in [1.165, 1.54) is 41.9 Å². The molecule has 1 saturated carbocycles. The highest BCUT2D eigenvalue weighted by molar-refractivity contribution is 7.14. The van der Waals surface area contributed by atoms with Crippen LogP contribution >= 0.6 is 11.3 Å². The predicted octanol–water partition coefficient (Wildman–Crippen LogP) is 4.94. The van der Waals surface area contributed by atoms with Crippen LogP contribution in [0.2, 0.25) is 0 Å². The molecule has 1 fully saturated rings. The standard InChI is InChI=1S/C25H28N4O2S/c1-2-18-10-12-19(13-11-18)23(24(30)28-20-7-4-3-5-8-20)29(22-9-6-16-32-22)25(31)21-17-26-14-15-27-21/h6,9-17,20,23H,2-5,7-8H2,1H3,(H,28,30). The van der Waals surface area contributed by atoms with E-state index in [0.29, 0.717) is 5.00 Å². The van der Waals surface area contributed by atoms with Crippen LogP contribution in [0.25, 0.3) is 0 Å². The Balaban J connectivity index is 1.75. The van der Waals surface area contributed by atoms with Gasteiger partial charge in [0.25, 0.3) is 5.91 Å². The van der Waals surface area contributed by atoms with E-state index >= 15 is 0 Å². The average Bonchev–Trinajstić information content (AvgIpc) is 3.38. The minimum Gasteiger partial charge on any atom is -0.351 e. The van der Waals surface area contributed by atoms with Gasteiger partial charge in [-0.2, -0.15) is 0 Å². The molecular formula is C25H28N4O2S. The molecule has 32 heavy (non-hydrogen) atoms. The molecule has 2 aromatic heterocycles. The van der Waals surface area contributed by atoms with Crippen LogP contribution in [0.5, 0.6) is 0 Å². The number of hydrogen-bond donors (Lipinski definition) is 1. The molecule has 2 amide bonds. The van der Waals surface area contributed by atoms with Crippen molar-refractivity contribution < 1.29 is 9.59 Å². The summed E-state index contributed by atoms with van der Waals surface area (Å²) < 4.78 is 0. The van der Waals surface area contributed by atoms with Crippen LogP contribution in [0, 0.1) is 0 Å². The zero-order valence-electron chi connectivity index (χ0n) is 18.2. The first-order valence-corrected chi connectivity index (χ1v) is 12.1. The van der Waals surface area contributed by atoms with E-state index < -0.39 is 6.04 Å². The summed E-state index contributed by atoms with van der Waals surface area (Å²) in [7, 11) is 0. The van der Waals surface area contributed by atoms with Gasteiger partial charge in [-0.15, -0.1) is 11.3 Å². The SMILES string of the molecule is CCc1ccc(C(C(=O)NC2CCCCC2)N(C(=O)c2cnccn2)c2cccs2)cc1. The quantitative estimate of drug-likeness (QED) is 0.556. The topological polar surface area (TPSA) is 75.2 Å². The molecule has 4 rings (SSSR count). The second-order valence-corrected chi connectivity index (χ2v) is 8.98. The van der Waals surface area contributed by atoms with Crippen LogP contribution in [0.3, 0.4) is 0 Å². The van der Waals surface area contributed by atoms with E-state index in [2.05, 4.69) is 22.2 Å². The molecule has 1 atom stereocenters. The first-order valence-electron chi connectivity index (χ1n) is 11.2. The number of amides is 2. The fraction of sp³-hybridized carbons (Fsp3) is 0.360. The lowest BCUT2D eigenvalue weighted by Crippen LogP contribution is -2.47. The molecule has 3 aromatic rings. The predicted molar refractivity (Wildman–Crippen MR) is 127 cm³/mol. The molecule has 0 bridgehead atoms. The number of thiophene rings is 1. The van der Waals surface area contributed by atoms with Crippen molar-refractivity contribution in [3.05, 3.63) is 77.2 Å². The van der Waals surface area contributed by atoms with Crippen LogP contribution in [-0.4, -0.2) is 27.8 Å². The third-order valence-electron chi connectivity index (χ3n) is 5.91. The Bertz CT molecular complexity index is 1020. The molecule has 6 nitrogen and oxygen atoms in total. The lowest BCUT2D eigenvalue weighted by molar-refractivity contribution is -0.123. The monoisotopic (exact) mass is 448 g/mol. The van der Waals surface area contributed by atoms with Crippen molar-refractivity contribution in [3.63, 3.8) is 0 Å². The highest BCUT2D eigenvalue weighted by atomic mass is 32.1. The van der Waals surface area contributed by atoms with Crippen LogP contribution in [0.15, 0.2) is 60.4 Å². The molecule has 1 aliphatic rings. The molecule has 1 aromatic carbocycles. The number of nitrogens with one attached hydrogen (secondary N) is 1. The van der Waals surface area contributed by atoms with Crippen LogP contribution in [-0.2, 0) is 11.2 Å². The number of benzene rings is 1. The van der Waals surface area contributed by atoms with Gasteiger partial charge in [0.1, 0.15) is 11.7 Å². The van der Waals surface area contributed by atoms with Crippen molar-refractivity contribution in [2.75, 3.05) is 4.90 Å². The van der Waals surface area contributed by atoms with Crippen molar-refractivity contribution in [2.24, 2.45) is 0 Å². The average molecular weight is 449 g/mol. The molecular weight excluding hydrogens is 420 g/mol. The Morgan fingerprint density at radius 3 is 2.53 bits per heavy atom. The van der Waals surface area contributed by atoms with Gasteiger partial charge >= 0.3 is 0 Å². The number of carbonyl (C=O) groups excluding carboxylic acids is 2. The van der Waals surface area contributed by atoms with Gasteiger partial charge in [-0.05, 0) is 47.9 Å². The molecule has 0 aliphatic heterocycles. The van der Waals surface area contributed by atoms with Crippen LogP contribution in [0.4, 0.5) is 5.00 Å². The Morgan fingerprint density at radius 1 is 1.12 bits per heavy atom. The molecule has 166 valence electrons. The van der Waals surface area contributed by atoms with Crippen molar-refractivity contribution in [1.29, 1.82) is 0 Å². The highest BCUT2D eigenvalue weighted by Crippen LogP contribution is 2.33. The summed E-state index contributed by atoms with van der Waals surface area (Å²) in [5, 5.41) is 5.83. The number of aromatic nitrogens is 2. The molecule has 2 heterocycles. The first kappa shape index (κ1) is 22.1. The zero-order valence-corrected chi connectivity index (χ0v) is 19.1. The number of hydrogen-bond acceptors (Lipinski definition) is 5. The summed E-state index contributed by atoms with van der Waals surface area (Å²) >= 11 is 1.43. The van der Waals surface area contributed by atoms with E-state index in [1.807, 2.05) is 41.8 Å². The smallest absolute Gasteiger partial charge is 0.280 e. The Hall–Kier alpha value is -3.06. The fourth-order valence-corrected chi connectivity index (χ4v) is 4.92. The Labute approximate surface area is 192 Å². The van der Waals surface area contributed by atoms with Gasteiger partial charge in [0.05, 0.1) is 11.2 Å². The van der Waals surface area contributed by atoms with E-state index in [0.717, 1.165) is 37.7 Å². The van der Waals surface area contributed by atoms with E-state index in [4.69, 9.17) is 0 Å². The van der Waals surface area contributed by atoms with E-state index in [9.17, 15) is 9.59 Å². The molecule has 7 heteroatoms. The van der Waals surface area contributed by atoms with Gasteiger partial charge in [-0.1, -0.05) is 50.5 Å². The van der Waals surface area contributed by atoms with Crippen LogP contribution < -0.4 is 10.2 Å². The molecule has 0 radical (unpaired) electrons. The summed E-state index contributed by atoms with van der Waals surface area (Å²) in [6.07, 6.45) is 10.8. The van der Waals surface area contributed by atoms with Crippen molar-refractivity contribution in [1.82, 2.24) is 15.3 Å². The third kappa shape index (κ3) is 5.05. The zero-order chi connectivity index (χ0) is 22.3. The maximum atomic E-state index is 13.7. The lowest BCUT2D eigenvalue weighted by atomic mass is 9.94. The maximum Gasteiger partial charge on any atom is 0.280 e. The number of rotatable bonds is 7. The maximum absolute atomic E-state index is 13.7. The van der Waals surface area contributed by atoms with Crippen molar-refractivity contribution in [2.45, 2.75) is 57.5 Å². The van der Waals surface area contributed by atoms with Gasteiger partial charge < -0.3 is 5.32 Å². The first-order chi connectivity index (χ1) is 15.7. The van der Waals surface area contributed by atoms with Gasteiger partial charge in [0.2, 0.25) is 5.91 Å². The van der Waals surface area contributed by atoms with E-state index in [1.54, 1.807) is 4.90 Å². The van der Waals surface area contributed by atoms with Gasteiger partial charge in [0.15, 0.2) is 0 Å². The summed E-state index contributed by atoms with van der Waals surface area (Å²) in [5.74, 6) is -0.504. The minimum absolute atomic E-state index is 0.144. The van der Waals surface area contributed by atoms with Gasteiger partial charge in [-0.3, -0.25) is 19.5 Å². The summed E-state index contributed by atoms with van der Waals surface area (Å²) in [5.41, 5.74) is 2.17. The Morgan fingerprint density at radius 2 is 1.91 bits per heavy atom. The highest BCUT2D eigenvalue weighted by Gasteiger charge is 2.35. The molecule has 0 saturated heterocycles. The van der Waals surface area contributed by atoms with Crippen LogP contribution in [0.1, 0.15) is 66.7 Å². The summed E-state index contributed by atoms with van der Waals surface area (Å²) in [6, 6.07) is 11.0. The largest absolute Gasteiger partial charge is 0.351 e. The number of aryl methyl sites for hydroxylation is 1. The fourth-order valence-electron chi connectivity index (χ4n) is 4.16. The second-order valence-electron chi connectivity index (χ2n) is 8.06.